The molecule has 0 fully saturated rings. The molecule has 0 N–H and O–H groups in total. The van der Waals surface area contributed by atoms with Crippen LogP contribution in [-0.2, 0) is 22.2 Å². The lowest BCUT2D eigenvalue weighted by molar-refractivity contribution is -0.139. The van der Waals surface area contributed by atoms with E-state index in [0.717, 1.165) is 11.1 Å². The summed E-state index contributed by atoms with van der Waals surface area (Å²) in [6.07, 6.45) is 1.88. The predicted octanol–water partition coefficient (Wildman–Crippen LogP) is 3.49. The zero-order valence-electron chi connectivity index (χ0n) is 14.3. The fourth-order valence-electron chi connectivity index (χ4n) is 2.80. The summed E-state index contributed by atoms with van der Waals surface area (Å²) in [6, 6.07) is 19.1. The minimum absolute atomic E-state index is 0.329. The summed E-state index contributed by atoms with van der Waals surface area (Å²) in [5, 5.41) is 1.90. The van der Waals surface area contributed by atoms with E-state index < -0.39 is 5.60 Å². The van der Waals surface area contributed by atoms with Gasteiger partial charge in [-0.2, -0.15) is 4.99 Å². The van der Waals surface area contributed by atoms with Gasteiger partial charge in [0.2, 0.25) is 0 Å². The van der Waals surface area contributed by atoms with Crippen LogP contribution in [0, 0.1) is 0 Å². The van der Waals surface area contributed by atoms with E-state index in [1.807, 2.05) is 90.8 Å². The first-order valence-electron chi connectivity index (χ1n) is 8.12. The van der Waals surface area contributed by atoms with Gasteiger partial charge in [-0.1, -0.05) is 60.7 Å². The van der Waals surface area contributed by atoms with E-state index in [-0.39, 0.29) is 5.91 Å². The van der Waals surface area contributed by atoms with Gasteiger partial charge in [-0.3, -0.25) is 4.79 Å². The first kappa shape index (κ1) is 17.3. The third kappa shape index (κ3) is 3.34. The van der Waals surface area contributed by atoms with Crippen LogP contribution in [0.2, 0.25) is 0 Å². The largest absolute Gasteiger partial charge is 0.356 e. The number of aromatic nitrogens is 1. The highest BCUT2D eigenvalue weighted by molar-refractivity contribution is 7.07. The number of nitrogens with zero attached hydrogens (tertiary/aromatic N) is 2. The Morgan fingerprint density at radius 3 is 2.08 bits per heavy atom. The molecule has 5 heteroatoms. The molecule has 0 bridgehead atoms. The molecule has 128 valence electrons. The molecule has 3 rings (SSSR count). The Kier molecular flexibility index (Phi) is 5.26. The fourth-order valence-corrected chi connectivity index (χ4v) is 3.53. The van der Waals surface area contributed by atoms with E-state index in [9.17, 15) is 4.79 Å². The van der Waals surface area contributed by atoms with Crippen LogP contribution in [0.5, 0.6) is 0 Å². The Balaban J connectivity index is 2.24. The van der Waals surface area contributed by atoms with E-state index in [1.165, 1.54) is 11.3 Å². The number of benzene rings is 2. The lowest BCUT2D eigenvalue weighted by atomic mass is 9.85. The number of rotatable bonds is 5. The van der Waals surface area contributed by atoms with Gasteiger partial charge in [0.05, 0.1) is 0 Å². The second kappa shape index (κ2) is 7.59. The Morgan fingerprint density at radius 1 is 1.08 bits per heavy atom. The minimum atomic E-state index is -1.26. The van der Waals surface area contributed by atoms with Gasteiger partial charge in [0.15, 0.2) is 10.4 Å². The zero-order valence-corrected chi connectivity index (χ0v) is 15.1. The number of hydrogen-bond donors (Lipinski definition) is 0. The van der Waals surface area contributed by atoms with Crippen LogP contribution in [-0.4, -0.2) is 17.1 Å². The normalized spacial score (nSPS) is 12.3. The van der Waals surface area contributed by atoms with Crippen molar-refractivity contribution in [2.75, 3.05) is 6.61 Å². The quantitative estimate of drug-likeness (QED) is 0.705. The molecule has 0 radical (unpaired) electrons. The van der Waals surface area contributed by atoms with E-state index in [1.54, 1.807) is 0 Å². The Bertz CT molecular complexity index is 858. The van der Waals surface area contributed by atoms with Crippen LogP contribution >= 0.6 is 11.3 Å². The Labute approximate surface area is 151 Å². The maximum absolute atomic E-state index is 13.4. The molecular formula is C20H20N2O2S. The van der Waals surface area contributed by atoms with Gasteiger partial charge in [0.1, 0.15) is 0 Å². The summed E-state index contributed by atoms with van der Waals surface area (Å²) in [7, 11) is 1.87. The van der Waals surface area contributed by atoms with Crippen molar-refractivity contribution in [3.8, 4) is 0 Å². The Morgan fingerprint density at radius 2 is 1.64 bits per heavy atom. The van der Waals surface area contributed by atoms with Crippen LogP contribution in [0.1, 0.15) is 18.1 Å². The lowest BCUT2D eigenvalue weighted by Gasteiger charge is -2.31. The molecule has 3 aromatic rings. The maximum Gasteiger partial charge on any atom is 0.289 e. The molecule has 0 aliphatic carbocycles. The second-order valence-corrected chi connectivity index (χ2v) is 6.43. The van der Waals surface area contributed by atoms with E-state index in [2.05, 4.69) is 4.99 Å². The monoisotopic (exact) mass is 352 g/mol. The highest BCUT2D eigenvalue weighted by Gasteiger charge is 2.43. The average molecular weight is 352 g/mol. The van der Waals surface area contributed by atoms with Gasteiger partial charge in [-0.25, -0.2) is 0 Å². The van der Waals surface area contributed by atoms with Gasteiger partial charge in [-0.05, 0) is 18.1 Å². The van der Waals surface area contributed by atoms with E-state index >= 15 is 0 Å². The van der Waals surface area contributed by atoms with E-state index in [0.29, 0.717) is 11.4 Å². The van der Waals surface area contributed by atoms with Gasteiger partial charge in [0, 0.05) is 25.2 Å². The molecule has 1 aromatic heterocycles. The number of carbonyl (C=O) groups is 1. The van der Waals surface area contributed by atoms with Gasteiger partial charge in [0.25, 0.3) is 5.91 Å². The van der Waals surface area contributed by atoms with Crippen LogP contribution in [0.4, 0.5) is 0 Å². The predicted molar refractivity (Wildman–Crippen MR) is 99.2 cm³/mol. The van der Waals surface area contributed by atoms with E-state index in [4.69, 9.17) is 4.74 Å². The molecule has 0 aliphatic rings. The third-order valence-corrected chi connectivity index (χ3v) is 4.83. The first-order chi connectivity index (χ1) is 12.2. The van der Waals surface area contributed by atoms with Crippen LogP contribution in [0.3, 0.4) is 0 Å². The van der Waals surface area contributed by atoms with Crippen LogP contribution in [0.25, 0.3) is 0 Å². The topological polar surface area (TPSA) is 43.6 Å². The van der Waals surface area contributed by atoms with Crippen LogP contribution < -0.4 is 4.80 Å². The average Bonchev–Trinajstić information content (AvgIpc) is 3.06. The molecule has 0 atom stereocenters. The van der Waals surface area contributed by atoms with Crippen molar-refractivity contribution < 1.29 is 9.53 Å². The molecule has 4 nitrogen and oxygen atoms in total. The number of aryl methyl sites for hydroxylation is 1. The first-order valence-corrected chi connectivity index (χ1v) is 9.00. The van der Waals surface area contributed by atoms with Crippen molar-refractivity contribution in [1.29, 1.82) is 0 Å². The van der Waals surface area contributed by atoms with Crippen molar-refractivity contribution in [3.63, 3.8) is 0 Å². The van der Waals surface area contributed by atoms with Crippen LogP contribution in [0.15, 0.2) is 77.2 Å². The number of thiazole rings is 1. The number of hydrogen-bond acceptors (Lipinski definition) is 3. The summed E-state index contributed by atoms with van der Waals surface area (Å²) >= 11 is 1.42. The van der Waals surface area contributed by atoms with Gasteiger partial charge in [-0.15, -0.1) is 11.3 Å². The highest BCUT2D eigenvalue weighted by atomic mass is 32.1. The molecule has 1 amide bonds. The van der Waals surface area contributed by atoms with Crippen molar-refractivity contribution in [3.05, 3.63) is 88.2 Å². The Hall–Kier alpha value is -2.50. The van der Waals surface area contributed by atoms with Crippen molar-refractivity contribution in [1.82, 2.24) is 4.57 Å². The lowest BCUT2D eigenvalue weighted by Crippen LogP contribution is -2.40. The summed E-state index contributed by atoms with van der Waals surface area (Å²) in [5.41, 5.74) is 0.292. The molecule has 0 aliphatic heterocycles. The number of carbonyl (C=O) groups excluding carboxylic acids is 1. The summed E-state index contributed by atoms with van der Waals surface area (Å²) < 4.78 is 7.93. The zero-order chi connectivity index (χ0) is 17.7. The SMILES string of the molecule is CCOC(C(=O)N=c1sccn1C)(c1ccccc1)c1ccccc1. The van der Waals surface area contributed by atoms with Crippen molar-refractivity contribution in [2.45, 2.75) is 12.5 Å². The molecular weight excluding hydrogens is 332 g/mol. The molecule has 0 spiro atoms. The minimum Gasteiger partial charge on any atom is -0.356 e. The molecule has 2 aromatic carbocycles. The molecule has 25 heavy (non-hydrogen) atoms. The summed E-state index contributed by atoms with van der Waals surface area (Å²) in [6.45, 7) is 2.28. The molecule has 0 unspecified atom stereocenters. The maximum atomic E-state index is 13.4. The fraction of sp³-hybridized carbons (Fsp3) is 0.200. The summed E-state index contributed by atoms with van der Waals surface area (Å²) in [5.74, 6) is -0.329. The molecule has 0 saturated heterocycles. The second-order valence-electron chi connectivity index (χ2n) is 5.56. The van der Waals surface area contributed by atoms with Crippen molar-refractivity contribution >= 4 is 17.2 Å². The summed E-state index contributed by atoms with van der Waals surface area (Å²) in [4.78, 5) is 18.4. The highest BCUT2D eigenvalue weighted by Crippen LogP contribution is 2.35. The number of ether oxygens (including phenoxy) is 1. The number of amides is 1. The third-order valence-electron chi connectivity index (χ3n) is 3.98. The van der Waals surface area contributed by atoms with Gasteiger partial charge < -0.3 is 9.30 Å². The van der Waals surface area contributed by atoms with Gasteiger partial charge >= 0.3 is 0 Å². The standard InChI is InChI=1S/C20H20N2O2S/c1-3-24-20(16-10-6-4-7-11-16,17-12-8-5-9-13-17)18(23)21-19-22(2)14-15-25-19/h4-15H,3H2,1-2H3. The van der Waals surface area contributed by atoms with Crippen molar-refractivity contribution in [2.24, 2.45) is 12.0 Å². The smallest absolute Gasteiger partial charge is 0.289 e. The molecule has 1 heterocycles. The molecule has 0 saturated carbocycles.